The highest BCUT2D eigenvalue weighted by Crippen LogP contribution is 2.25. The molecule has 0 saturated carbocycles. The van der Waals surface area contributed by atoms with Crippen LogP contribution < -0.4 is 5.73 Å². The Morgan fingerprint density at radius 3 is 2.74 bits per heavy atom. The van der Waals surface area contributed by atoms with Crippen LogP contribution in [-0.2, 0) is 17.2 Å². The molecule has 0 radical (unpaired) electrons. The van der Waals surface area contributed by atoms with Crippen LogP contribution in [0.2, 0.25) is 0 Å². The molecule has 0 bridgehead atoms. The molecule has 1 aromatic heterocycles. The number of aromatic nitrogens is 2. The molecule has 1 heterocycles. The highest BCUT2D eigenvalue weighted by Gasteiger charge is 2.27. The van der Waals surface area contributed by atoms with E-state index >= 15 is 0 Å². The van der Waals surface area contributed by atoms with E-state index < -0.39 is 5.41 Å². The summed E-state index contributed by atoms with van der Waals surface area (Å²) in [6.07, 6.45) is 0. The molecule has 0 aliphatic heterocycles. The third-order valence-corrected chi connectivity index (χ3v) is 3.56. The molecule has 4 nitrogen and oxygen atoms in total. The number of nitrogens with zero attached hydrogens (tertiary/aromatic N) is 2. The molecule has 2 aromatic rings. The standard InChI is InChI=1S/C14H18ClN3O/c1-9-4-5-10-11(6-9)18(12(7-15)17-10)8-14(2,3)13(16)19/h4-6H,7-8H2,1-3H3,(H2,16,19). The number of halogens is 1. The van der Waals surface area contributed by atoms with Crippen molar-refractivity contribution in [3.05, 3.63) is 29.6 Å². The number of imidazole rings is 1. The molecular weight excluding hydrogens is 262 g/mol. The minimum Gasteiger partial charge on any atom is -0.369 e. The van der Waals surface area contributed by atoms with Gasteiger partial charge in [-0.15, -0.1) is 11.6 Å². The summed E-state index contributed by atoms with van der Waals surface area (Å²) in [7, 11) is 0. The Morgan fingerprint density at radius 1 is 1.47 bits per heavy atom. The van der Waals surface area contributed by atoms with Gasteiger partial charge < -0.3 is 10.3 Å². The maximum Gasteiger partial charge on any atom is 0.224 e. The van der Waals surface area contributed by atoms with Crippen molar-refractivity contribution in [2.45, 2.75) is 33.2 Å². The van der Waals surface area contributed by atoms with Gasteiger partial charge in [-0.2, -0.15) is 0 Å². The summed E-state index contributed by atoms with van der Waals surface area (Å²) < 4.78 is 1.99. The summed E-state index contributed by atoms with van der Waals surface area (Å²) >= 11 is 5.95. The monoisotopic (exact) mass is 279 g/mol. The van der Waals surface area contributed by atoms with Gasteiger partial charge in [-0.25, -0.2) is 4.98 Å². The average Bonchev–Trinajstić information content (AvgIpc) is 2.66. The summed E-state index contributed by atoms with van der Waals surface area (Å²) in [5.41, 5.74) is 7.83. The van der Waals surface area contributed by atoms with Gasteiger partial charge >= 0.3 is 0 Å². The fraction of sp³-hybridized carbons (Fsp3) is 0.429. The first kappa shape index (κ1) is 13.9. The fourth-order valence-corrected chi connectivity index (χ4v) is 2.24. The van der Waals surface area contributed by atoms with E-state index in [0.29, 0.717) is 12.4 Å². The number of primary amides is 1. The first-order chi connectivity index (χ1) is 8.85. The Balaban J connectivity index is 2.57. The van der Waals surface area contributed by atoms with Crippen molar-refractivity contribution in [1.29, 1.82) is 0 Å². The Morgan fingerprint density at radius 2 is 2.16 bits per heavy atom. The van der Waals surface area contributed by atoms with Crippen LogP contribution in [0, 0.1) is 12.3 Å². The largest absolute Gasteiger partial charge is 0.369 e. The highest BCUT2D eigenvalue weighted by atomic mass is 35.5. The van der Waals surface area contributed by atoms with E-state index in [1.807, 2.05) is 37.5 Å². The zero-order valence-corrected chi connectivity index (χ0v) is 12.2. The minimum absolute atomic E-state index is 0.308. The van der Waals surface area contributed by atoms with Crippen LogP contribution in [0.1, 0.15) is 25.2 Å². The highest BCUT2D eigenvalue weighted by molar-refractivity contribution is 6.16. The van der Waals surface area contributed by atoms with Crippen molar-refractivity contribution in [3.63, 3.8) is 0 Å². The van der Waals surface area contributed by atoms with Gasteiger partial charge in [0.25, 0.3) is 0 Å². The molecule has 0 spiro atoms. The zero-order valence-electron chi connectivity index (χ0n) is 11.4. The maximum absolute atomic E-state index is 11.5. The van der Waals surface area contributed by atoms with Gasteiger partial charge in [0.05, 0.1) is 22.3 Å². The summed E-state index contributed by atoms with van der Waals surface area (Å²) in [6, 6.07) is 6.03. The molecule has 1 amide bonds. The molecule has 0 saturated heterocycles. The number of carbonyl (C=O) groups excluding carboxylic acids is 1. The average molecular weight is 280 g/mol. The number of benzene rings is 1. The van der Waals surface area contributed by atoms with Gasteiger partial charge in [0.1, 0.15) is 5.82 Å². The van der Waals surface area contributed by atoms with Crippen molar-refractivity contribution in [2.75, 3.05) is 0 Å². The number of rotatable bonds is 4. The Hall–Kier alpha value is -1.55. The van der Waals surface area contributed by atoms with E-state index in [9.17, 15) is 4.79 Å². The van der Waals surface area contributed by atoms with Crippen LogP contribution in [-0.4, -0.2) is 15.5 Å². The lowest BCUT2D eigenvalue weighted by Crippen LogP contribution is -2.35. The zero-order chi connectivity index (χ0) is 14.2. The molecule has 0 fully saturated rings. The summed E-state index contributed by atoms with van der Waals surface area (Å²) in [4.78, 5) is 16.0. The van der Waals surface area contributed by atoms with Crippen LogP contribution >= 0.6 is 11.6 Å². The van der Waals surface area contributed by atoms with Crippen LogP contribution in [0.15, 0.2) is 18.2 Å². The van der Waals surface area contributed by atoms with Crippen molar-refractivity contribution < 1.29 is 4.79 Å². The van der Waals surface area contributed by atoms with Gasteiger partial charge in [-0.1, -0.05) is 6.07 Å². The Kier molecular flexibility index (Phi) is 3.54. The topological polar surface area (TPSA) is 60.9 Å². The number of hydrogen-bond donors (Lipinski definition) is 1. The van der Waals surface area contributed by atoms with Crippen molar-refractivity contribution in [2.24, 2.45) is 11.1 Å². The first-order valence-electron chi connectivity index (χ1n) is 6.17. The second-order valence-electron chi connectivity index (χ2n) is 5.49. The Labute approximate surface area is 117 Å². The molecule has 0 unspecified atom stereocenters. The third-order valence-electron chi connectivity index (χ3n) is 3.32. The van der Waals surface area contributed by atoms with Crippen LogP contribution in [0.3, 0.4) is 0 Å². The lowest BCUT2D eigenvalue weighted by Gasteiger charge is -2.22. The van der Waals surface area contributed by atoms with E-state index in [1.54, 1.807) is 0 Å². The fourth-order valence-electron chi connectivity index (χ4n) is 2.03. The Bertz CT molecular complexity index is 631. The molecule has 0 aliphatic carbocycles. The number of fused-ring (bicyclic) bond motifs is 1. The summed E-state index contributed by atoms with van der Waals surface area (Å²) in [5.74, 6) is 0.738. The smallest absolute Gasteiger partial charge is 0.224 e. The number of aryl methyl sites for hydroxylation is 1. The van der Waals surface area contributed by atoms with E-state index in [4.69, 9.17) is 17.3 Å². The van der Waals surface area contributed by atoms with E-state index in [-0.39, 0.29) is 5.91 Å². The number of hydrogen-bond acceptors (Lipinski definition) is 2. The van der Waals surface area contributed by atoms with Gasteiger partial charge in [0, 0.05) is 6.54 Å². The van der Waals surface area contributed by atoms with Gasteiger partial charge in [-0.3, -0.25) is 4.79 Å². The number of alkyl halides is 1. The lowest BCUT2D eigenvalue weighted by atomic mass is 9.92. The van der Waals surface area contributed by atoms with Crippen molar-refractivity contribution in [3.8, 4) is 0 Å². The summed E-state index contributed by atoms with van der Waals surface area (Å²) in [5, 5.41) is 0. The summed E-state index contributed by atoms with van der Waals surface area (Å²) in [6.45, 7) is 6.16. The van der Waals surface area contributed by atoms with E-state index in [0.717, 1.165) is 22.4 Å². The number of nitrogens with two attached hydrogens (primary N) is 1. The van der Waals surface area contributed by atoms with Crippen molar-refractivity contribution in [1.82, 2.24) is 9.55 Å². The van der Waals surface area contributed by atoms with Gasteiger partial charge in [0.2, 0.25) is 5.91 Å². The SMILES string of the molecule is Cc1ccc2nc(CCl)n(CC(C)(C)C(N)=O)c2c1. The quantitative estimate of drug-likeness (QED) is 0.875. The van der Waals surface area contributed by atoms with Gasteiger partial charge in [-0.05, 0) is 38.5 Å². The minimum atomic E-state index is -0.641. The number of carbonyl (C=O) groups is 1. The molecule has 19 heavy (non-hydrogen) atoms. The second kappa shape index (κ2) is 4.85. The molecule has 0 atom stereocenters. The van der Waals surface area contributed by atoms with E-state index in [2.05, 4.69) is 11.1 Å². The maximum atomic E-state index is 11.5. The van der Waals surface area contributed by atoms with Crippen LogP contribution in [0.25, 0.3) is 11.0 Å². The molecule has 5 heteroatoms. The first-order valence-corrected chi connectivity index (χ1v) is 6.70. The molecule has 2 N–H and O–H groups in total. The molecule has 0 aliphatic rings. The molecule has 102 valence electrons. The van der Waals surface area contributed by atoms with Gasteiger partial charge in [0.15, 0.2) is 0 Å². The van der Waals surface area contributed by atoms with Crippen LogP contribution in [0.4, 0.5) is 0 Å². The normalized spacial score (nSPS) is 12.0. The van der Waals surface area contributed by atoms with Crippen molar-refractivity contribution >= 4 is 28.5 Å². The molecule has 2 rings (SSSR count). The number of amides is 1. The molecule has 1 aromatic carbocycles. The third kappa shape index (κ3) is 2.59. The molecular formula is C14H18ClN3O. The lowest BCUT2D eigenvalue weighted by molar-refractivity contribution is -0.126. The van der Waals surface area contributed by atoms with E-state index in [1.165, 1.54) is 0 Å². The predicted molar refractivity (Wildman–Crippen MR) is 77.0 cm³/mol. The predicted octanol–water partition coefficient (Wildman–Crippen LogP) is 2.60. The second-order valence-corrected chi connectivity index (χ2v) is 5.76. The van der Waals surface area contributed by atoms with Crippen LogP contribution in [0.5, 0.6) is 0 Å².